The highest BCUT2D eigenvalue weighted by molar-refractivity contribution is 7.91. The lowest BCUT2D eigenvalue weighted by atomic mass is 10.4. The lowest BCUT2D eigenvalue weighted by Gasteiger charge is -2.14. The van der Waals surface area contributed by atoms with Gasteiger partial charge in [-0.15, -0.1) is 0 Å². The van der Waals surface area contributed by atoms with Crippen molar-refractivity contribution in [3.63, 3.8) is 0 Å². The van der Waals surface area contributed by atoms with Crippen LogP contribution in [0.2, 0.25) is 0 Å². The monoisotopic (exact) mass is 302 g/mol. The van der Waals surface area contributed by atoms with Crippen LogP contribution in [-0.2, 0) is 16.6 Å². The maximum absolute atomic E-state index is 12.1. The molecule has 1 unspecified atom stereocenters. The van der Waals surface area contributed by atoms with Crippen molar-refractivity contribution in [1.82, 2.24) is 19.3 Å². The highest BCUT2D eigenvalue weighted by atomic mass is 32.2. The van der Waals surface area contributed by atoms with Crippen LogP contribution in [-0.4, -0.2) is 29.0 Å². The number of rotatable bonds is 5. The van der Waals surface area contributed by atoms with Gasteiger partial charge in [-0.05, 0) is 13.8 Å². The van der Waals surface area contributed by atoms with Gasteiger partial charge < -0.3 is 9.55 Å². The topological polar surface area (TPSA) is 96.9 Å². The van der Waals surface area contributed by atoms with E-state index in [1.54, 1.807) is 37.1 Å². The molecule has 0 radical (unpaired) electrons. The van der Waals surface area contributed by atoms with Crippen LogP contribution < -0.4 is 9.60 Å². The number of hydrogen-bond donors (Lipinski definition) is 2. The Morgan fingerprint density at radius 1 is 1.58 bits per heavy atom. The van der Waals surface area contributed by atoms with E-state index in [0.717, 1.165) is 0 Å². The van der Waals surface area contributed by atoms with Crippen molar-refractivity contribution in [3.05, 3.63) is 34.1 Å². The molecule has 0 aliphatic heterocycles. The molecule has 2 aromatic rings. The molecule has 0 bridgehead atoms. The first-order valence-electron chi connectivity index (χ1n) is 5.56. The molecule has 0 aromatic carbocycles. The lowest BCUT2D eigenvalue weighted by Crippen LogP contribution is -2.35. The Hall–Kier alpha value is -1.45. The van der Waals surface area contributed by atoms with Gasteiger partial charge in [0.2, 0.25) is 0 Å². The number of H-pyrrole nitrogens is 1. The third-order valence-electron chi connectivity index (χ3n) is 2.43. The van der Waals surface area contributed by atoms with Crippen LogP contribution in [0.15, 0.2) is 27.7 Å². The van der Waals surface area contributed by atoms with Gasteiger partial charge in [0.25, 0.3) is 10.0 Å². The van der Waals surface area contributed by atoms with Gasteiger partial charge in [0.05, 0.1) is 6.33 Å². The number of nitrogens with zero attached hydrogens (tertiary/aromatic N) is 2. The van der Waals surface area contributed by atoms with Gasteiger partial charge >= 0.3 is 4.87 Å². The average molecular weight is 302 g/mol. The quantitative estimate of drug-likeness (QED) is 0.830. The van der Waals surface area contributed by atoms with Crippen molar-refractivity contribution < 1.29 is 8.42 Å². The van der Waals surface area contributed by atoms with Crippen LogP contribution in [0.5, 0.6) is 0 Å². The van der Waals surface area contributed by atoms with E-state index in [4.69, 9.17) is 0 Å². The van der Waals surface area contributed by atoms with E-state index < -0.39 is 10.0 Å². The van der Waals surface area contributed by atoms with Crippen molar-refractivity contribution in [2.45, 2.75) is 30.6 Å². The zero-order valence-electron chi connectivity index (χ0n) is 10.5. The van der Waals surface area contributed by atoms with Crippen LogP contribution in [0, 0.1) is 6.92 Å². The molecule has 0 saturated heterocycles. The van der Waals surface area contributed by atoms with Gasteiger partial charge in [0.1, 0.15) is 0 Å². The largest absolute Gasteiger partial charge is 0.336 e. The SMILES string of the molecule is Cc1[nH]c(=O)sc1S(=O)(=O)NC(C)Cn1ccnc1. The Balaban J connectivity index is 2.13. The Bertz CT molecular complexity index is 699. The Kier molecular flexibility index (Phi) is 3.88. The normalized spacial score (nSPS) is 13.6. The Morgan fingerprint density at radius 3 is 2.84 bits per heavy atom. The van der Waals surface area contributed by atoms with Crippen LogP contribution >= 0.6 is 11.3 Å². The van der Waals surface area contributed by atoms with Gasteiger partial charge in [-0.1, -0.05) is 11.3 Å². The van der Waals surface area contributed by atoms with Gasteiger partial charge in [-0.3, -0.25) is 4.79 Å². The number of aromatic nitrogens is 3. The first-order chi connectivity index (χ1) is 8.88. The molecule has 1 atom stereocenters. The summed E-state index contributed by atoms with van der Waals surface area (Å²) in [5.41, 5.74) is 0.359. The molecule has 104 valence electrons. The molecular weight excluding hydrogens is 288 g/mol. The van der Waals surface area contributed by atoms with E-state index in [1.807, 2.05) is 0 Å². The summed E-state index contributed by atoms with van der Waals surface area (Å²) in [4.78, 5) is 17.1. The molecule has 7 nitrogen and oxygen atoms in total. The maximum atomic E-state index is 12.1. The van der Waals surface area contributed by atoms with Crippen LogP contribution in [0.25, 0.3) is 0 Å². The number of hydrogen-bond acceptors (Lipinski definition) is 5. The zero-order valence-corrected chi connectivity index (χ0v) is 12.1. The zero-order chi connectivity index (χ0) is 14.0. The van der Waals surface area contributed by atoms with E-state index in [0.29, 0.717) is 23.6 Å². The smallest absolute Gasteiger partial charge is 0.305 e. The number of aryl methyl sites for hydroxylation is 1. The van der Waals surface area contributed by atoms with Crippen molar-refractivity contribution in [2.24, 2.45) is 0 Å². The Labute approximate surface area is 114 Å². The predicted octanol–water partition coefficient (Wildman–Crippen LogP) is 0.308. The van der Waals surface area contributed by atoms with Crippen molar-refractivity contribution in [1.29, 1.82) is 0 Å². The highest BCUT2D eigenvalue weighted by Crippen LogP contribution is 2.16. The minimum absolute atomic E-state index is 0.0370. The molecular formula is C10H14N4O3S2. The summed E-state index contributed by atoms with van der Waals surface area (Å²) in [5, 5.41) is 0. The molecule has 2 aromatic heterocycles. The number of sulfonamides is 1. The molecule has 0 aliphatic rings. The second-order valence-electron chi connectivity index (χ2n) is 4.21. The van der Waals surface area contributed by atoms with Crippen molar-refractivity contribution >= 4 is 21.4 Å². The highest BCUT2D eigenvalue weighted by Gasteiger charge is 2.22. The number of thiazole rings is 1. The van der Waals surface area contributed by atoms with Gasteiger partial charge in [-0.2, -0.15) is 0 Å². The first kappa shape index (κ1) is 14.0. The van der Waals surface area contributed by atoms with E-state index >= 15 is 0 Å². The minimum atomic E-state index is -3.67. The van der Waals surface area contributed by atoms with Gasteiger partial charge in [0.15, 0.2) is 4.21 Å². The van der Waals surface area contributed by atoms with Gasteiger partial charge in [0, 0.05) is 30.7 Å². The molecule has 2 heterocycles. The minimum Gasteiger partial charge on any atom is -0.336 e. The summed E-state index contributed by atoms with van der Waals surface area (Å²) >= 11 is 0.691. The standard InChI is InChI=1S/C10H14N4O3S2/c1-7(5-14-4-3-11-6-14)13-19(16,17)9-8(2)12-10(15)18-9/h3-4,6-7,13H,5H2,1-2H3,(H,12,15). The predicted molar refractivity (Wildman–Crippen MR) is 71.7 cm³/mol. The second kappa shape index (κ2) is 5.27. The number of nitrogens with one attached hydrogen (secondary N) is 2. The molecule has 0 amide bonds. The van der Waals surface area contributed by atoms with Crippen molar-refractivity contribution in [3.8, 4) is 0 Å². The number of imidazole rings is 1. The van der Waals surface area contributed by atoms with Crippen LogP contribution in [0.1, 0.15) is 12.6 Å². The summed E-state index contributed by atoms with van der Waals surface area (Å²) in [7, 11) is -3.67. The molecule has 19 heavy (non-hydrogen) atoms. The van der Waals surface area contributed by atoms with Crippen molar-refractivity contribution in [2.75, 3.05) is 0 Å². The summed E-state index contributed by atoms with van der Waals surface area (Å²) in [6.07, 6.45) is 5.00. The summed E-state index contributed by atoms with van der Waals surface area (Å²) in [6, 6.07) is -0.309. The van der Waals surface area contributed by atoms with E-state index in [9.17, 15) is 13.2 Å². The van der Waals surface area contributed by atoms with E-state index in [2.05, 4.69) is 14.7 Å². The van der Waals surface area contributed by atoms with Crippen LogP contribution in [0.4, 0.5) is 0 Å². The fourth-order valence-corrected chi connectivity index (χ4v) is 4.27. The second-order valence-corrected chi connectivity index (χ2v) is 7.10. The molecule has 2 N–H and O–H groups in total. The van der Waals surface area contributed by atoms with Crippen LogP contribution in [0.3, 0.4) is 0 Å². The van der Waals surface area contributed by atoms with E-state index in [-0.39, 0.29) is 15.1 Å². The molecule has 2 rings (SSSR count). The first-order valence-corrected chi connectivity index (χ1v) is 7.86. The number of aromatic amines is 1. The third kappa shape index (κ3) is 3.31. The summed E-state index contributed by atoms with van der Waals surface area (Å²) in [5.74, 6) is 0. The molecule has 0 aliphatic carbocycles. The lowest BCUT2D eigenvalue weighted by molar-refractivity contribution is 0.521. The molecule has 0 spiro atoms. The molecule has 0 fully saturated rings. The molecule has 9 heteroatoms. The Morgan fingerprint density at radius 2 is 2.32 bits per heavy atom. The summed E-state index contributed by atoms with van der Waals surface area (Å²) < 4.78 is 28.6. The fraction of sp³-hybridized carbons (Fsp3) is 0.400. The fourth-order valence-electron chi connectivity index (χ4n) is 1.71. The average Bonchev–Trinajstić information content (AvgIpc) is 2.87. The summed E-state index contributed by atoms with van der Waals surface area (Å²) in [6.45, 7) is 3.78. The molecule has 0 saturated carbocycles. The van der Waals surface area contributed by atoms with E-state index in [1.165, 1.54) is 0 Å². The maximum Gasteiger partial charge on any atom is 0.305 e. The third-order valence-corrected chi connectivity index (χ3v) is 5.62. The van der Waals surface area contributed by atoms with Gasteiger partial charge in [-0.25, -0.2) is 18.1 Å².